The van der Waals surface area contributed by atoms with E-state index in [9.17, 15) is 9.90 Å². The Balaban J connectivity index is 2.28. The van der Waals surface area contributed by atoms with Gasteiger partial charge in [-0.1, -0.05) is 47.8 Å². The molecule has 1 saturated carbocycles. The zero-order valence-electron chi connectivity index (χ0n) is 11.9. The van der Waals surface area contributed by atoms with E-state index in [1.54, 1.807) is 0 Å². The molecule has 20 heavy (non-hydrogen) atoms. The second-order valence-electron chi connectivity index (χ2n) is 5.56. The maximum atomic E-state index is 12.8. The summed E-state index contributed by atoms with van der Waals surface area (Å²) in [5.74, 6) is 0.0639. The van der Waals surface area contributed by atoms with E-state index in [0.717, 1.165) is 42.1 Å². The first-order chi connectivity index (χ1) is 9.62. The summed E-state index contributed by atoms with van der Waals surface area (Å²) in [5, 5.41) is 12.3. The Labute approximate surface area is 128 Å². The van der Waals surface area contributed by atoms with E-state index in [4.69, 9.17) is 0 Å². The summed E-state index contributed by atoms with van der Waals surface area (Å²) >= 11 is 3.49. The number of hydrogen-bond donors (Lipinski definition) is 2. The maximum Gasteiger partial charge on any atom is 0.230 e. The van der Waals surface area contributed by atoms with Gasteiger partial charge in [-0.05, 0) is 37.0 Å². The van der Waals surface area contributed by atoms with E-state index < -0.39 is 5.41 Å². The molecule has 1 aromatic carbocycles. The number of aliphatic hydroxyl groups is 1. The van der Waals surface area contributed by atoms with Crippen molar-refractivity contribution in [2.75, 3.05) is 6.61 Å². The monoisotopic (exact) mass is 339 g/mol. The van der Waals surface area contributed by atoms with Crippen molar-refractivity contribution in [2.45, 2.75) is 50.5 Å². The topological polar surface area (TPSA) is 49.3 Å². The highest BCUT2D eigenvalue weighted by Crippen LogP contribution is 2.42. The summed E-state index contributed by atoms with van der Waals surface area (Å²) in [5.41, 5.74) is 0.654. The van der Waals surface area contributed by atoms with Crippen molar-refractivity contribution in [1.29, 1.82) is 0 Å². The third-order valence-electron chi connectivity index (χ3n) is 4.32. The predicted molar refractivity (Wildman–Crippen MR) is 83.6 cm³/mol. The minimum absolute atomic E-state index is 0.00317. The van der Waals surface area contributed by atoms with Crippen LogP contribution in [-0.4, -0.2) is 23.7 Å². The molecule has 0 aliphatic heterocycles. The summed E-state index contributed by atoms with van der Waals surface area (Å²) in [6.45, 7) is 1.97. The minimum Gasteiger partial charge on any atom is -0.394 e. The molecule has 1 unspecified atom stereocenters. The number of amides is 1. The lowest BCUT2D eigenvalue weighted by atomic mass is 9.78. The van der Waals surface area contributed by atoms with Gasteiger partial charge < -0.3 is 10.4 Å². The van der Waals surface area contributed by atoms with Crippen molar-refractivity contribution in [2.24, 2.45) is 0 Å². The largest absolute Gasteiger partial charge is 0.394 e. The van der Waals surface area contributed by atoms with Gasteiger partial charge in [0.15, 0.2) is 0 Å². The van der Waals surface area contributed by atoms with Crippen LogP contribution in [0.5, 0.6) is 0 Å². The zero-order chi connectivity index (χ0) is 14.6. The Morgan fingerprint density at radius 1 is 1.45 bits per heavy atom. The first kappa shape index (κ1) is 15.5. The molecule has 3 nitrogen and oxygen atoms in total. The number of carbonyl (C=O) groups is 1. The van der Waals surface area contributed by atoms with E-state index in [-0.39, 0.29) is 18.6 Å². The quantitative estimate of drug-likeness (QED) is 0.865. The van der Waals surface area contributed by atoms with E-state index in [2.05, 4.69) is 21.2 Å². The van der Waals surface area contributed by atoms with Crippen molar-refractivity contribution in [3.05, 3.63) is 34.3 Å². The van der Waals surface area contributed by atoms with Gasteiger partial charge in [-0.2, -0.15) is 0 Å². The van der Waals surface area contributed by atoms with Crippen LogP contribution in [0.15, 0.2) is 28.7 Å². The van der Waals surface area contributed by atoms with Gasteiger partial charge in [-0.3, -0.25) is 4.79 Å². The fraction of sp³-hybridized carbons (Fsp3) is 0.562. The molecule has 0 saturated heterocycles. The number of benzene rings is 1. The standard InChI is InChI=1S/C16H22BrNO2/c1-2-14(11-19)18-15(20)16(8-3-4-9-16)12-6-5-7-13(17)10-12/h5-7,10,14,19H,2-4,8-9,11H2,1H3,(H,18,20). The van der Waals surface area contributed by atoms with E-state index >= 15 is 0 Å². The average molecular weight is 340 g/mol. The number of rotatable bonds is 5. The van der Waals surface area contributed by atoms with Crippen LogP contribution >= 0.6 is 15.9 Å². The van der Waals surface area contributed by atoms with Crippen molar-refractivity contribution >= 4 is 21.8 Å². The Kier molecular flexibility index (Phi) is 5.22. The maximum absolute atomic E-state index is 12.8. The molecule has 0 aromatic heterocycles. The molecule has 2 N–H and O–H groups in total. The Morgan fingerprint density at radius 3 is 2.70 bits per heavy atom. The summed E-state index contributed by atoms with van der Waals surface area (Å²) in [6, 6.07) is 7.90. The van der Waals surface area contributed by atoms with Crippen molar-refractivity contribution in [1.82, 2.24) is 5.32 Å². The number of carbonyl (C=O) groups excluding carboxylic acids is 1. The van der Waals surface area contributed by atoms with Gasteiger partial charge in [0.2, 0.25) is 5.91 Å². The second-order valence-corrected chi connectivity index (χ2v) is 6.48. The predicted octanol–water partition coefficient (Wildman–Crippen LogP) is 3.15. The zero-order valence-corrected chi connectivity index (χ0v) is 13.4. The summed E-state index contributed by atoms with van der Waals surface area (Å²) in [7, 11) is 0. The van der Waals surface area contributed by atoms with Crippen LogP contribution in [0.4, 0.5) is 0 Å². The molecule has 110 valence electrons. The molecule has 0 radical (unpaired) electrons. The number of hydrogen-bond acceptors (Lipinski definition) is 2. The van der Waals surface area contributed by atoms with Crippen molar-refractivity contribution < 1.29 is 9.90 Å². The molecule has 0 heterocycles. The van der Waals surface area contributed by atoms with Gasteiger partial charge in [0.05, 0.1) is 18.1 Å². The van der Waals surface area contributed by atoms with E-state index in [0.29, 0.717) is 0 Å². The Hall–Kier alpha value is -0.870. The van der Waals surface area contributed by atoms with Gasteiger partial charge in [0, 0.05) is 4.47 Å². The van der Waals surface area contributed by atoms with Crippen LogP contribution in [-0.2, 0) is 10.2 Å². The van der Waals surface area contributed by atoms with Crippen LogP contribution in [0.2, 0.25) is 0 Å². The Morgan fingerprint density at radius 2 is 2.15 bits per heavy atom. The van der Waals surface area contributed by atoms with Crippen molar-refractivity contribution in [3.8, 4) is 0 Å². The number of aliphatic hydroxyl groups excluding tert-OH is 1. The molecule has 0 spiro atoms. The fourth-order valence-corrected chi connectivity index (χ4v) is 3.41. The highest BCUT2D eigenvalue weighted by Gasteiger charge is 2.43. The minimum atomic E-state index is -0.424. The van der Waals surface area contributed by atoms with Crippen LogP contribution < -0.4 is 5.32 Å². The summed E-state index contributed by atoms with van der Waals surface area (Å²) in [4.78, 5) is 12.8. The molecule has 1 amide bonds. The lowest BCUT2D eigenvalue weighted by Gasteiger charge is -2.30. The number of halogens is 1. The molecule has 2 rings (SSSR count). The van der Waals surface area contributed by atoms with Gasteiger partial charge >= 0.3 is 0 Å². The fourth-order valence-electron chi connectivity index (χ4n) is 3.01. The SMILES string of the molecule is CCC(CO)NC(=O)C1(c2cccc(Br)c2)CCCC1. The first-order valence-electron chi connectivity index (χ1n) is 7.30. The van der Waals surface area contributed by atoms with E-state index in [1.807, 2.05) is 31.2 Å². The number of nitrogens with one attached hydrogen (secondary N) is 1. The van der Waals surface area contributed by atoms with Crippen LogP contribution in [0.1, 0.15) is 44.6 Å². The molecule has 4 heteroatoms. The van der Waals surface area contributed by atoms with Gasteiger partial charge in [0.1, 0.15) is 0 Å². The van der Waals surface area contributed by atoms with Gasteiger partial charge in [0.25, 0.3) is 0 Å². The molecule has 1 fully saturated rings. The smallest absolute Gasteiger partial charge is 0.230 e. The third kappa shape index (κ3) is 3.07. The summed E-state index contributed by atoms with van der Waals surface area (Å²) < 4.78 is 1.00. The highest BCUT2D eigenvalue weighted by atomic mass is 79.9. The molecular formula is C16H22BrNO2. The highest BCUT2D eigenvalue weighted by molar-refractivity contribution is 9.10. The normalized spacial score (nSPS) is 18.8. The Bertz CT molecular complexity index is 465. The molecule has 1 atom stereocenters. The lowest BCUT2D eigenvalue weighted by Crippen LogP contribution is -2.48. The average Bonchev–Trinajstić information content (AvgIpc) is 2.95. The van der Waals surface area contributed by atoms with Gasteiger partial charge in [-0.25, -0.2) is 0 Å². The first-order valence-corrected chi connectivity index (χ1v) is 8.09. The van der Waals surface area contributed by atoms with Gasteiger partial charge in [-0.15, -0.1) is 0 Å². The third-order valence-corrected chi connectivity index (χ3v) is 4.81. The molecule has 1 aliphatic rings. The molecule has 0 bridgehead atoms. The van der Waals surface area contributed by atoms with Crippen LogP contribution in [0.25, 0.3) is 0 Å². The van der Waals surface area contributed by atoms with Crippen LogP contribution in [0, 0.1) is 0 Å². The lowest BCUT2D eigenvalue weighted by molar-refractivity contribution is -0.127. The van der Waals surface area contributed by atoms with Crippen LogP contribution in [0.3, 0.4) is 0 Å². The second kappa shape index (κ2) is 6.72. The molecule has 1 aliphatic carbocycles. The summed E-state index contributed by atoms with van der Waals surface area (Å²) in [6.07, 6.45) is 4.68. The van der Waals surface area contributed by atoms with E-state index in [1.165, 1.54) is 0 Å². The molecule has 1 aromatic rings. The molecular weight excluding hydrogens is 318 g/mol. The van der Waals surface area contributed by atoms with Crippen molar-refractivity contribution in [3.63, 3.8) is 0 Å².